The lowest BCUT2D eigenvalue weighted by atomic mass is 10.2. The molecule has 5 nitrogen and oxygen atoms in total. The fraction of sp³-hybridized carbons (Fsp3) is 0.188. The SMILES string of the molecule is CCOc1cc(C#N)ccc1OS(=O)(=O)c1ccc(F)c(C)c1. The van der Waals surface area contributed by atoms with E-state index in [9.17, 15) is 12.8 Å². The van der Waals surface area contributed by atoms with E-state index in [-0.39, 0.29) is 28.6 Å². The molecule has 0 saturated carbocycles. The third-order valence-corrected chi connectivity index (χ3v) is 4.22. The number of nitrogens with zero attached hydrogens (tertiary/aromatic N) is 1. The first-order chi connectivity index (χ1) is 10.9. The van der Waals surface area contributed by atoms with Crippen molar-refractivity contribution in [3.63, 3.8) is 0 Å². The molecule has 0 spiro atoms. The van der Waals surface area contributed by atoms with Crippen molar-refractivity contribution in [1.29, 1.82) is 5.26 Å². The van der Waals surface area contributed by atoms with Crippen LogP contribution in [0.2, 0.25) is 0 Å². The second-order valence-electron chi connectivity index (χ2n) is 4.65. The topological polar surface area (TPSA) is 76.4 Å². The molecule has 2 aromatic rings. The molecule has 0 aliphatic heterocycles. The number of halogens is 1. The van der Waals surface area contributed by atoms with E-state index in [2.05, 4.69) is 0 Å². The number of benzene rings is 2. The van der Waals surface area contributed by atoms with E-state index in [0.717, 1.165) is 12.1 Å². The highest BCUT2D eigenvalue weighted by atomic mass is 32.2. The largest absolute Gasteiger partial charge is 0.490 e. The molecule has 0 radical (unpaired) electrons. The molecule has 0 amide bonds. The number of aryl methyl sites for hydroxylation is 1. The van der Waals surface area contributed by atoms with Crippen molar-refractivity contribution >= 4 is 10.1 Å². The minimum atomic E-state index is -4.14. The highest BCUT2D eigenvalue weighted by molar-refractivity contribution is 7.87. The molecule has 2 rings (SSSR count). The molecule has 0 aliphatic rings. The number of nitriles is 1. The molecule has 0 N–H and O–H groups in total. The molecule has 0 saturated heterocycles. The third-order valence-electron chi connectivity index (χ3n) is 2.99. The molecule has 23 heavy (non-hydrogen) atoms. The first-order valence-corrected chi connectivity index (χ1v) is 8.16. The Morgan fingerprint density at radius 1 is 1.17 bits per heavy atom. The Morgan fingerprint density at radius 3 is 2.52 bits per heavy atom. The Labute approximate surface area is 134 Å². The van der Waals surface area contributed by atoms with Crippen LogP contribution in [0.15, 0.2) is 41.3 Å². The van der Waals surface area contributed by atoms with E-state index < -0.39 is 15.9 Å². The number of ether oxygens (including phenoxy) is 1. The lowest BCUT2D eigenvalue weighted by Gasteiger charge is -2.12. The summed E-state index contributed by atoms with van der Waals surface area (Å²) >= 11 is 0. The molecule has 0 aliphatic carbocycles. The summed E-state index contributed by atoms with van der Waals surface area (Å²) in [6, 6.07) is 9.47. The number of hydrogen-bond acceptors (Lipinski definition) is 5. The van der Waals surface area contributed by atoms with Crippen LogP contribution in [0.5, 0.6) is 11.5 Å². The smallest absolute Gasteiger partial charge is 0.339 e. The summed E-state index contributed by atoms with van der Waals surface area (Å²) < 4.78 is 48.3. The zero-order chi connectivity index (χ0) is 17.0. The monoisotopic (exact) mass is 335 g/mol. The molecule has 0 unspecified atom stereocenters. The molecule has 0 heterocycles. The van der Waals surface area contributed by atoms with Crippen molar-refractivity contribution in [2.45, 2.75) is 18.7 Å². The average Bonchev–Trinajstić information content (AvgIpc) is 2.51. The Bertz CT molecular complexity index is 872. The standard InChI is InChI=1S/C16H14FNO4S/c1-3-21-16-9-12(10-18)4-7-15(16)22-23(19,20)13-5-6-14(17)11(2)8-13/h4-9H,3H2,1-2H3. The van der Waals surface area contributed by atoms with Crippen LogP contribution in [0, 0.1) is 24.1 Å². The van der Waals surface area contributed by atoms with Gasteiger partial charge in [0.1, 0.15) is 10.7 Å². The molecule has 0 fully saturated rings. The first-order valence-electron chi connectivity index (χ1n) is 6.75. The van der Waals surface area contributed by atoms with Gasteiger partial charge in [-0.15, -0.1) is 0 Å². The highest BCUT2D eigenvalue weighted by Crippen LogP contribution is 2.31. The normalized spacial score (nSPS) is 10.9. The lowest BCUT2D eigenvalue weighted by molar-refractivity contribution is 0.327. The number of hydrogen-bond donors (Lipinski definition) is 0. The first kappa shape index (κ1) is 16.8. The summed E-state index contributed by atoms with van der Waals surface area (Å²) in [6.45, 7) is 3.46. The average molecular weight is 335 g/mol. The second kappa shape index (κ2) is 6.67. The molecule has 0 bridgehead atoms. The zero-order valence-electron chi connectivity index (χ0n) is 12.5. The Morgan fingerprint density at radius 2 is 1.91 bits per heavy atom. The van der Waals surface area contributed by atoms with Crippen molar-refractivity contribution in [3.05, 3.63) is 53.3 Å². The van der Waals surface area contributed by atoms with E-state index in [1.165, 1.54) is 31.2 Å². The molecule has 0 aromatic heterocycles. The minimum Gasteiger partial charge on any atom is -0.490 e. The van der Waals surface area contributed by atoms with Crippen molar-refractivity contribution in [3.8, 4) is 17.6 Å². The van der Waals surface area contributed by atoms with Crippen LogP contribution in [-0.2, 0) is 10.1 Å². The summed E-state index contributed by atoms with van der Waals surface area (Å²) in [5.41, 5.74) is 0.510. The maximum absolute atomic E-state index is 13.3. The van der Waals surface area contributed by atoms with Crippen molar-refractivity contribution in [2.75, 3.05) is 6.61 Å². The van der Waals surface area contributed by atoms with Crippen LogP contribution in [-0.4, -0.2) is 15.0 Å². The predicted octanol–water partition coefficient (Wildman–Crippen LogP) is 3.17. The van der Waals surface area contributed by atoms with Crippen LogP contribution in [0.25, 0.3) is 0 Å². The van der Waals surface area contributed by atoms with E-state index in [0.29, 0.717) is 5.56 Å². The van der Waals surface area contributed by atoms with Gasteiger partial charge in [0.05, 0.1) is 18.2 Å². The van der Waals surface area contributed by atoms with Crippen LogP contribution < -0.4 is 8.92 Å². The molecular formula is C16H14FNO4S. The van der Waals surface area contributed by atoms with Gasteiger partial charge in [-0.1, -0.05) is 0 Å². The Balaban J connectivity index is 2.40. The summed E-state index contributed by atoms with van der Waals surface area (Å²) in [4.78, 5) is -0.164. The number of rotatable bonds is 5. The van der Waals surface area contributed by atoms with Gasteiger partial charge in [0.15, 0.2) is 11.5 Å². The van der Waals surface area contributed by atoms with Gasteiger partial charge in [0.2, 0.25) is 0 Å². The Hall–Kier alpha value is -2.59. The molecule has 0 atom stereocenters. The molecule has 7 heteroatoms. The molecule has 2 aromatic carbocycles. The van der Waals surface area contributed by atoms with Crippen LogP contribution in [0.4, 0.5) is 4.39 Å². The van der Waals surface area contributed by atoms with E-state index in [1.54, 1.807) is 6.92 Å². The van der Waals surface area contributed by atoms with E-state index in [4.69, 9.17) is 14.2 Å². The molecular weight excluding hydrogens is 321 g/mol. The van der Waals surface area contributed by atoms with Gasteiger partial charge < -0.3 is 8.92 Å². The van der Waals surface area contributed by atoms with Crippen LogP contribution >= 0.6 is 0 Å². The van der Waals surface area contributed by atoms with Gasteiger partial charge >= 0.3 is 10.1 Å². The quantitative estimate of drug-likeness (QED) is 0.784. The maximum atomic E-state index is 13.3. The Kier molecular flexibility index (Phi) is 4.86. The maximum Gasteiger partial charge on any atom is 0.339 e. The van der Waals surface area contributed by atoms with Crippen molar-refractivity contribution < 1.29 is 21.7 Å². The van der Waals surface area contributed by atoms with E-state index >= 15 is 0 Å². The predicted molar refractivity (Wildman–Crippen MR) is 81.3 cm³/mol. The van der Waals surface area contributed by atoms with Crippen molar-refractivity contribution in [2.24, 2.45) is 0 Å². The highest BCUT2D eigenvalue weighted by Gasteiger charge is 2.20. The summed E-state index contributed by atoms with van der Waals surface area (Å²) in [5, 5.41) is 8.89. The lowest BCUT2D eigenvalue weighted by Crippen LogP contribution is -2.11. The summed E-state index contributed by atoms with van der Waals surface area (Å²) in [5.74, 6) is -0.390. The molecule has 120 valence electrons. The third kappa shape index (κ3) is 3.79. The summed E-state index contributed by atoms with van der Waals surface area (Å²) in [6.07, 6.45) is 0. The van der Waals surface area contributed by atoms with Crippen LogP contribution in [0.1, 0.15) is 18.1 Å². The van der Waals surface area contributed by atoms with Gasteiger partial charge in [0, 0.05) is 6.07 Å². The van der Waals surface area contributed by atoms with Gasteiger partial charge in [-0.2, -0.15) is 13.7 Å². The van der Waals surface area contributed by atoms with Gasteiger partial charge in [-0.05, 0) is 49.7 Å². The zero-order valence-corrected chi connectivity index (χ0v) is 13.4. The van der Waals surface area contributed by atoms with E-state index in [1.807, 2.05) is 6.07 Å². The van der Waals surface area contributed by atoms with Crippen molar-refractivity contribution in [1.82, 2.24) is 0 Å². The van der Waals surface area contributed by atoms with Gasteiger partial charge in [-0.25, -0.2) is 4.39 Å². The summed E-state index contributed by atoms with van der Waals surface area (Å²) in [7, 11) is -4.14. The fourth-order valence-electron chi connectivity index (χ4n) is 1.85. The minimum absolute atomic E-state index is 0.0344. The van der Waals surface area contributed by atoms with Gasteiger partial charge in [-0.3, -0.25) is 0 Å². The second-order valence-corrected chi connectivity index (χ2v) is 6.20. The van der Waals surface area contributed by atoms with Gasteiger partial charge in [0.25, 0.3) is 0 Å². The van der Waals surface area contributed by atoms with Crippen LogP contribution in [0.3, 0.4) is 0 Å². The fourth-order valence-corrected chi connectivity index (χ4v) is 2.88.